The van der Waals surface area contributed by atoms with E-state index < -0.39 is 0 Å². The summed E-state index contributed by atoms with van der Waals surface area (Å²) in [5, 5.41) is 3.12. The molecule has 0 aliphatic heterocycles. The minimum Gasteiger partial charge on any atom is -0.497 e. The summed E-state index contributed by atoms with van der Waals surface area (Å²) in [7, 11) is 1.68. The van der Waals surface area contributed by atoms with Gasteiger partial charge in [0.25, 0.3) is 0 Å². The molecule has 2 aromatic carbocycles. The van der Waals surface area contributed by atoms with Crippen LogP contribution in [0.3, 0.4) is 0 Å². The molecule has 5 nitrogen and oxygen atoms in total. The lowest BCUT2D eigenvalue weighted by atomic mass is 9.90. The molecule has 29 heavy (non-hydrogen) atoms. The van der Waals surface area contributed by atoms with Gasteiger partial charge in [0.2, 0.25) is 5.91 Å². The number of nitrogens with one attached hydrogen (secondary N) is 1. The first-order chi connectivity index (χ1) is 14.2. The number of aryl methyl sites for hydroxylation is 2. The Bertz CT molecular complexity index is 973. The fraction of sp³-hybridized carbons (Fsp3) is 0.417. The molecule has 1 heterocycles. The summed E-state index contributed by atoms with van der Waals surface area (Å²) < 4.78 is 7.48. The Labute approximate surface area is 172 Å². The zero-order valence-corrected chi connectivity index (χ0v) is 17.2. The van der Waals surface area contributed by atoms with E-state index in [1.807, 2.05) is 37.3 Å². The molecule has 0 saturated heterocycles. The average molecular weight is 392 g/mol. The maximum Gasteiger partial charge on any atom is 0.220 e. The van der Waals surface area contributed by atoms with Crippen LogP contribution in [-0.4, -0.2) is 29.1 Å². The number of methoxy groups -OCH3 is 1. The molecule has 1 fully saturated rings. The van der Waals surface area contributed by atoms with Gasteiger partial charge in [0.15, 0.2) is 0 Å². The van der Waals surface area contributed by atoms with Crippen molar-refractivity contribution in [2.45, 2.75) is 45.1 Å². The molecule has 3 aromatic rings. The number of rotatable bonds is 9. The van der Waals surface area contributed by atoms with E-state index in [0.717, 1.165) is 35.6 Å². The summed E-state index contributed by atoms with van der Waals surface area (Å²) in [6.45, 7) is 3.58. The lowest BCUT2D eigenvalue weighted by molar-refractivity contribution is -0.121. The monoisotopic (exact) mass is 391 g/mol. The summed E-state index contributed by atoms with van der Waals surface area (Å²) in [4.78, 5) is 17.2. The number of carbonyl (C=O) groups excluding carboxylic acids is 1. The highest BCUT2D eigenvalue weighted by atomic mass is 16.5. The van der Waals surface area contributed by atoms with Crippen LogP contribution in [0.1, 0.15) is 43.0 Å². The Balaban J connectivity index is 1.29. The molecule has 4 rings (SSSR count). The van der Waals surface area contributed by atoms with Gasteiger partial charge in [-0.25, -0.2) is 4.98 Å². The Kier molecular flexibility index (Phi) is 5.84. The van der Waals surface area contributed by atoms with Gasteiger partial charge in [-0.15, -0.1) is 0 Å². The smallest absolute Gasteiger partial charge is 0.220 e. The molecule has 1 aliphatic carbocycles. The van der Waals surface area contributed by atoms with E-state index in [0.29, 0.717) is 24.8 Å². The second-order valence-corrected chi connectivity index (χ2v) is 7.92. The van der Waals surface area contributed by atoms with Gasteiger partial charge in [-0.2, -0.15) is 0 Å². The maximum absolute atomic E-state index is 12.6. The van der Waals surface area contributed by atoms with Crippen LogP contribution in [-0.2, 0) is 11.3 Å². The van der Waals surface area contributed by atoms with E-state index in [-0.39, 0.29) is 5.91 Å². The lowest BCUT2D eigenvalue weighted by Gasteiger charge is -2.17. The lowest BCUT2D eigenvalue weighted by Crippen LogP contribution is -2.27. The molecule has 1 aromatic heterocycles. The summed E-state index contributed by atoms with van der Waals surface area (Å²) in [6, 6.07) is 16.4. The number of nitrogens with zero attached hydrogens (tertiary/aromatic N) is 2. The maximum atomic E-state index is 12.6. The number of carbonyl (C=O) groups is 1. The van der Waals surface area contributed by atoms with Crippen molar-refractivity contribution < 1.29 is 9.53 Å². The third-order valence-electron chi connectivity index (χ3n) is 5.87. The molecule has 0 radical (unpaired) electrons. The van der Waals surface area contributed by atoms with E-state index in [1.54, 1.807) is 7.11 Å². The van der Waals surface area contributed by atoms with Gasteiger partial charge >= 0.3 is 0 Å². The molecule has 0 spiro atoms. The minimum absolute atomic E-state index is 0.143. The molecule has 0 bridgehead atoms. The number of fused-ring (bicyclic) bond motifs is 1. The largest absolute Gasteiger partial charge is 0.497 e. The van der Waals surface area contributed by atoms with Gasteiger partial charge in [0.05, 0.1) is 18.1 Å². The van der Waals surface area contributed by atoms with Crippen LogP contribution in [0.4, 0.5) is 0 Å². The second kappa shape index (κ2) is 8.68. The highest BCUT2D eigenvalue weighted by Gasteiger charge is 2.33. The van der Waals surface area contributed by atoms with Gasteiger partial charge in [-0.3, -0.25) is 4.79 Å². The fourth-order valence-corrected chi connectivity index (χ4v) is 4.12. The Hall–Kier alpha value is -2.82. The normalized spacial score (nSPS) is 14.7. The van der Waals surface area contributed by atoms with Crippen molar-refractivity contribution in [3.05, 3.63) is 59.9 Å². The number of hydrogen-bond donors (Lipinski definition) is 1. The number of para-hydroxylation sites is 2. The third-order valence-corrected chi connectivity index (χ3v) is 5.87. The van der Waals surface area contributed by atoms with Crippen LogP contribution in [0, 0.1) is 12.8 Å². The number of ether oxygens (including phenoxy) is 1. The van der Waals surface area contributed by atoms with E-state index in [9.17, 15) is 4.79 Å². The zero-order chi connectivity index (χ0) is 20.2. The van der Waals surface area contributed by atoms with Crippen molar-refractivity contribution in [3.8, 4) is 5.75 Å². The molecule has 1 amide bonds. The van der Waals surface area contributed by atoms with Crippen molar-refractivity contribution >= 4 is 16.9 Å². The van der Waals surface area contributed by atoms with Crippen molar-refractivity contribution in [2.75, 3.05) is 13.7 Å². The predicted molar refractivity (Wildman–Crippen MR) is 115 cm³/mol. The van der Waals surface area contributed by atoms with Gasteiger partial charge in [-0.1, -0.05) is 24.3 Å². The van der Waals surface area contributed by atoms with Gasteiger partial charge in [0, 0.05) is 19.5 Å². The van der Waals surface area contributed by atoms with Crippen molar-refractivity contribution in [2.24, 2.45) is 5.92 Å². The quantitative estimate of drug-likeness (QED) is 0.549. The van der Waals surface area contributed by atoms with Crippen LogP contribution in [0.15, 0.2) is 48.5 Å². The van der Waals surface area contributed by atoms with E-state index in [2.05, 4.69) is 33.1 Å². The molecule has 152 valence electrons. The first-order valence-electron chi connectivity index (χ1n) is 10.5. The summed E-state index contributed by atoms with van der Waals surface area (Å²) in [5.41, 5.74) is 3.43. The van der Waals surface area contributed by atoms with Gasteiger partial charge in [0.1, 0.15) is 11.6 Å². The van der Waals surface area contributed by atoms with Crippen LogP contribution in [0.2, 0.25) is 0 Å². The number of aromatic nitrogens is 2. The number of hydrogen-bond acceptors (Lipinski definition) is 3. The summed E-state index contributed by atoms with van der Waals surface area (Å²) in [5.74, 6) is 2.96. The molecule has 1 atom stereocenters. The zero-order valence-electron chi connectivity index (χ0n) is 17.2. The number of amides is 1. The molecular weight excluding hydrogens is 362 g/mol. The first kappa shape index (κ1) is 19.5. The Morgan fingerprint density at radius 3 is 2.69 bits per heavy atom. The standard InChI is InChI=1S/C24H29N3O2/c1-17-26-22-6-3-4-7-23(22)27(17)15-5-14-25-24(28)16-21(18-8-9-18)19-10-12-20(29-2)13-11-19/h3-4,6-7,10-13,18,21H,5,8-9,14-16H2,1-2H3,(H,25,28). The van der Waals surface area contributed by atoms with Crippen LogP contribution in [0.5, 0.6) is 5.75 Å². The average Bonchev–Trinajstić information content (AvgIpc) is 3.53. The molecule has 1 N–H and O–H groups in total. The molecule has 1 unspecified atom stereocenters. The highest BCUT2D eigenvalue weighted by molar-refractivity contribution is 5.77. The van der Waals surface area contributed by atoms with E-state index in [1.165, 1.54) is 18.4 Å². The van der Waals surface area contributed by atoms with E-state index >= 15 is 0 Å². The number of benzene rings is 2. The molecular formula is C24H29N3O2. The van der Waals surface area contributed by atoms with Crippen molar-refractivity contribution in [3.63, 3.8) is 0 Å². The molecule has 5 heteroatoms. The summed E-state index contributed by atoms with van der Waals surface area (Å²) >= 11 is 0. The van der Waals surface area contributed by atoms with Gasteiger partial charge in [-0.05, 0) is 67.9 Å². The third kappa shape index (κ3) is 4.61. The second-order valence-electron chi connectivity index (χ2n) is 7.92. The summed E-state index contributed by atoms with van der Waals surface area (Å²) in [6.07, 6.45) is 3.89. The Morgan fingerprint density at radius 2 is 1.97 bits per heavy atom. The predicted octanol–water partition coefficient (Wildman–Crippen LogP) is 4.44. The molecule has 1 saturated carbocycles. The van der Waals surface area contributed by atoms with Crippen molar-refractivity contribution in [1.29, 1.82) is 0 Å². The minimum atomic E-state index is 0.143. The van der Waals surface area contributed by atoms with Crippen LogP contribution in [0.25, 0.3) is 11.0 Å². The first-order valence-corrected chi connectivity index (χ1v) is 10.5. The SMILES string of the molecule is COc1ccc(C(CC(=O)NCCCn2c(C)nc3ccccc32)C2CC2)cc1. The van der Waals surface area contributed by atoms with E-state index in [4.69, 9.17) is 4.74 Å². The Morgan fingerprint density at radius 1 is 1.21 bits per heavy atom. The van der Waals surface area contributed by atoms with Crippen molar-refractivity contribution in [1.82, 2.24) is 14.9 Å². The topological polar surface area (TPSA) is 56.1 Å². The molecule has 1 aliphatic rings. The number of imidazole rings is 1. The van der Waals surface area contributed by atoms with Crippen LogP contribution < -0.4 is 10.1 Å². The van der Waals surface area contributed by atoms with Gasteiger partial charge < -0.3 is 14.6 Å². The van der Waals surface area contributed by atoms with Crippen LogP contribution >= 0.6 is 0 Å². The highest BCUT2D eigenvalue weighted by Crippen LogP contribution is 2.44. The fourth-order valence-electron chi connectivity index (χ4n) is 4.12.